The molecule has 0 spiro atoms. The van der Waals surface area contributed by atoms with Crippen LogP contribution in [0.1, 0.15) is 5.56 Å². The van der Waals surface area contributed by atoms with Crippen LogP contribution in [-0.4, -0.2) is 9.97 Å². The van der Waals surface area contributed by atoms with Crippen LogP contribution in [0.4, 0.5) is 17.5 Å². The summed E-state index contributed by atoms with van der Waals surface area (Å²) in [5.41, 5.74) is 7.56. The van der Waals surface area contributed by atoms with Gasteiger partial charge in [-0.2, -0.15) is 4.98 Å². The van der Waals surface area contributed by atoms with Crippen molar-refractivity contribution in [1.82, 2.24) is 9.97 Å². The van der Waals surface area contributed by atoms with Crippen LogP contribution >= 0.6 is 27.5 Å². The van der Waals surface area contributed by atoms with E-state index in [4.69, 9.17) is 17.3 Å². The van der Waals surface area contributed by atoms with Gasteiger partial charge < -0.3 is 11.1 Å². The monoisotopic (exact) mass is 312 g/mol. The second kappa shape index (κ2) is 4.89. The van der Waals surface area contributed by atoms with E-state index in [1.54, 1.807) is 6.07 Å². The average Bonchev–Trinajstić information content (AvgIpc) is 2.22. The average molecular weight is 314 g/mol. The van der Waals surface area contributed by atoms with Crippen LogP contribution in [-0.2, 0) is 0 Å². The summed E-state index contributed by atoms with van der Waals surface area (Å²) in [6.45, 7) is 2.00. The molecule has 17 heavy (non-hydrogen) atoms. The van der Waals surface area contributed by atoms with Gasteiger partial charge in [0.2, 0.25) is 5.95 Å². The van der Waals surface area contributed by atoms with Crippen LogP contribution in [0.5, 0.6) is 0 Å². The number of anilines is 3. The molecule has 0 radical (unpaired) electrons. The van der Waals surface area contributed by atoms with Crippen molar-refractivity contribution < 1.29 is 0 Å². The number of nitrogens with one attached hydrogen (secondary N) is 1. The summed E-state index contributed by atoms with van der Waals surface area (Å²) in [6, 6.07) is 7.56. The van der Waals surface area contributed by atoms with Crippen molar-refractivity contribution in [2.45, 2.75) is 6.92 Å². The van der Waals surface area contributed by atoms with Crippen LogP contribution in [0, 0.1) is 6.92 Å². The molecule has 3 N–H and O–H groups in total. The standard InChI is InChI=1S/C11H10BrClN4/c1-6-2-3-7(12)4-8(6)15-10-5-9(13)16-11(14)17-10/h2-5H,1H3,(H3,14,15,16,17). The highest BCUT2D eigenvalue weighted by Gasteiger charge is 2.03. The maximum Gasteiger partial charge on any atom is 0.223 e. The fraction of sp³-hybridized carbons (Fsp3) is 0.0909. The molecule has 0 saturated heterocycles. The van der Waals surface area contributed by atoms with Crippen molar-refractivity contribution in [3.05, 3.63) is 39.5 Å². The molecule has 1 heterocycles. The van der Waals surface area contributed by atoms with Gasteiger partial charge in [0.15, 0.2) is 0 Å². The molecule has 0 aliphatic rings. The number of benzene rings is 1. The van der Waals surface area contributed by atoms with Gasteiger partial charge >= 0.3 is 0 Å². The minimum absolute atomic E-state index is 0.146. The third kappa shape index (κ3) is 3.08. The summed E-state index contributed by atoms with van der Waals surface area (Å²) in [4.78, 5) is 7.85. The topological polar surface area (TPSA) is 63.8 Å². The van der Waals surface area contributed by atoms with E-state index in [1.807, 2.05) is 25.1 Å². The minimum atomic E-state index is 0.146. The van der Waals surface area contributed by atoms with Gasteiger partial charge in [0, 0.05) is 16.2 Å². The predicted octanol–water partition coefficient (Wildman–Crippen LogP) is 3.53. The van der Waals surface area contributed by atoms with Gasteiger partial charge in [-0.3, -0.25) is 0 Å². The largest absolute Gasteiger partial charge is 0.368 e. The Morgan fingerprint density at radius 3 is 2.76 bits per heavy atom. The Balaban J connectivity index is 2.34. The number of nitrogen functional groups attached to an aromatic ring is 1. The summed E-state index contributed by atoms with van der Waals surface area (Å²) in [5.74, 6) is 0.719. The quantitative estimate of drug-likeness (QED) is 0.833. The molecule has 0 amide bonds. The Labute approximate surface area is 112 Å². The Morgan fingerprint density at radius 1 is 1.29 bits per heavy atom. The predicted molar refractivity (Wildman–Crippen MR) is 73.6 cm³/mol. The van der Waals surface area contributed by atoms with Gasteiger partial charge in [-0.1, -0.05) is 33.6 Å². The number of hydrogen-bond donors (Lipinski definition) is 2. The maximum absolute atomic E-state index is 5.81. The van der Waals surface area contributed by atoms with Crippen LogP contribution in [0.3, 0.4) is 0 Å². The number of aromatic nitrogens is 2. The lowest BCUT2D eigenvalue weighted by molar-refractivity contribution is 1.18. The number of aryl methyl sites for hydroxylation is 1. The van der Waals surface area contributed by atoms with E-state index in [-0.39, 0.29) is 5.95 Å². The molecular formula is C11H10BrClN4. The lowest BCUT2D eigenvalue weighted by Gasteiger charge is -2.09. The SMILES string of the molecule is Cc1ccc(Br)cc1Nc1cc(Cl)nc(N)n1. The number of halogens is 2. The van der Waals surface area contributed by atoms with E-state index >= 15 is 0 Å². The van der Waals surface area contributed by atoms with E-state index in [0.29, 0.717) is 11.0 Å². The van der Waals surface area contributed by atoms with Gasteiger partial charge in [-0.05, 0) is 24.6 Å². The lowest BCUT2D eigenvalue weighted by Crippen LogP contribution is -2.01. The van der Waals surface area contributed by atoms with E-state index in [9.17, 15) is 0 Å². The third-order valence-electron chi connectivity index (χ3n) is 2.17. The molecule has 6 heteroatoms. The fourth-order valence-corrected chi connectivity index (χ4v) is 1.92. The van der Waals surface area contributed by atoms with E-state index < -0.39 is 0 Å². The first-order chi connectivity index (χ1) is 8.04. The van der Waals surface area contributed by atoms with Crippen LogP contribution in [0.25, 0.3) is 0 Å². The molecule has 88 valence electrons. The number of nitrogens with zero attached hydrogens (tertiary/aromatic N) is 2. The Hall–Kier alpha value is -1.33. The molecule has 2 rings (SSSR count). The fourth-order valence-electron chi connectivity index (χ4n) is 1.37. The normalized spacial score (nSPS) is 10.3. The van der Waals surface area contributed by atoms with Crippen molar-refractivity contribution in [2.24, 2.45) is 0 Å². The van der Waals surface area contributed by atoms with Gasteiger partial charge in [0.1, 0.15) is 11.0 Å². The first kappa shape index (κ1) is 12.1. The molecule has 0 aliphatic carbocycles. The van der Waals surface area contributed by atoms with E-state index in [2.05, 4.69) is 31.2 Å². The number of rotatable bonds is 2. The molecule has 4 nitrogen and oxygen atoms in total. The molecule has 1 aromatic carbocycles. The summed E-state index contributed by atoms with van der Waals surface area (Å²) < 4.78 is 0.985. The zero-order valence-electron chi connectivity index (χ0n) is 9.04. The second-order valence-electron chi connectivity index (χ2n) is 3.52. The van der Waals surface area contributed by atoms with Crippen molar-refractivity contribution in [3.63, 3.8) is 0 Å². The zero-order chi connectivity index (χ0) is 12.4. The van der Waals surface area contributed by atoms with Gasteiger partial charge in [0.05, 0.1) is 0 Å². The van der Waals surface area contributed by atoms with Crippen molar-refractivity contribution in [3.8, 4) is 0 Å². The van der Waals surface area contributed by atoms with Gasteiger partial charge in [-0.15, -0.1) is 0 Å². The highest BCUT2D eigenvalue weighted by atomic mass is 79.9. The van der Waals surface area contributed by atoms with Gasteiger partial charge in [0.25, 0.3) is 0 Å². The minimum Gasteiger partial charge on any atom is -0.368 e. The highest BCUT2D eigenvalue weighted by molar-refractivity contribution is 9.10. The van der Waals surface area contributed by atoms with Crippen molar-refractivity contribution in [1.29, 1.82) is 0 Å². The lowest BCUT2D eigenvalue weighted by atomic mass is 10.2. The molecule has 0 fully saturated rings. The smallest absolute Gasteiger partial charge is 0.223 e. The second-order valence-corrected chi connectivity index (χ2v) is 4.82. The first-order valence-corrected chi connectivity index (χ1v) is 6.05. The summed E-state index contributed by atoms with van der Waals surface area (Å²) in [7, 11) is 0. The van der Waals surface area contributed by atoms with Crippen LogP contribution in [0.2, 0.25) is 5.15 Å². The summed E-state index contributed by atoms with van der Waals surface area (Å²) in [6.07, 6.45) is 0. The van der Waals surface area contributed by atoms with Crippen LogP contribution < -0.4 is 11.1 Å². The number of hydrogen-bond acceptors (Lipinski definition) is 4. The zero-order valence-corrected chi connectivity index (χ0v) is 11.4. The van der Waals surface area contributed by atoms with Crippen LogP contribution in [0.15, 0.2) is 28.7 Å². The Bertz CT molecular complexity index is 539. The highest BCUT2D eigenvalue weighted by Crippen LogP contribution is 2.24. The molecule has 0 atom stereocenters. The summed E-state index contributed by atoms with van der Waals surface area (Å²) in [5, 5.41) is 3.46. The molecule has 0 unspecified atom stereocenters. The molecule has 1 aromatic heterocycles. The molecule has 0 bridgehead atoms. The van der Waals surface area contributed by atoms with E-state index in [1.165, 1.54) is 0 Å². The van der Waals surface area contributed by atoms with Gasteiger partial charge in [-0.25, -0.2) is 4.98 Å². The van der Waals surface area contributed by atoms with E-state index in [0.717, 1.165) is 15.7 Å². The Kier molecular flexibility index (Phi) is 3.49. The maximum atomic E-state index is 5.81. The van der Waals surface area contributed by atoms with Crippen molar-refractivity contribution >= 4 is 45.0 Å². The third-order valence-corrected chi connectivity index (χ3v) is 2.86. The molecule has 2 aromatic rings. The molecular weight excluding hydrogens is 304 g/mol. The number of nitrogens with two attached hydrogens (primary N) is 1. The first-order valence-electron chi connectivity index (χ1n) is 4.88. The van der Waals surface area contributed by atoms with Crippen molar-refractivity contribution in [2.75, 3.05) is 11.1 Å². The molecule has 0 aliphatic heterocycles. The molecule has 0 saturated carbocycles. The summed E-state index contributed by atoms with van der Waals surface area (Å²) >= 11 is 9.22. The Morgan fingerprint density at radius 2 is 2.06 bits per heavy atom.